The highest BCUT2D eigenvalue weighted by Gasteiger charge is 2.13. The molecule has 2 nitrogen and oxygen atoms in total. The molecule has 0 unspecified atom stereocenters. The third-order valence-electron chi connectivity index (χ3n) is 1.66. The van der Waals surface area contributed by atoms with Gasteiger partial charge in [0.1, 0.15) is 5.69 Å². The van der Waals surface area contributed by atoms with Crippen LogP contribution in [0, 0.1) is 6.92 Å². The lowest BCUT2D eigenvalue weighted by Crippen LogP contribution is -2.03. The number of hydrogen-bond acceptors (Lipinski definition) is 2. The van der Waals surface area contributed by atoms with Gasteiger partial charge in [0.2, 0.25) is 0 Å². The topological polar surface area (TPSA) is 38.9 Å². The van der Waals surface area contributed by atoms with E-state index < -0.39 is 6.43 Å². The van der Waals surface area contributed by atoms with Crippen LogP contribution >= 0.6 is 11.6 Å². The van der Waals surface area contributed by atoms with Crippen LogP contribution in [-0.2, 0) is 6.54 Å². The van der Waals surface area contributed by atoms with Crippen LogP contribution in [0.1, 0.15) is 23.4 Å². The Labute approximate surface area is 79.7 Å². The van der Waals surface area contributed by atoms with Crippen molar-refractivity contribution in [1.29, 1.82) is 0 Å². The Hall–Kier alpha value is -0.740. The van der Waals surface area contributed by atoms with Crippen molar-refractivity contribution in [2.75, 3.05) is 0 Å². The molecule has 0 aliphatic carbocycles. The SMILES string of the molecule is Cc1nc(C(F)F)cc(CN)c1Cl. The van der Waals surface area contributed by atoms with E-state index in [1.54, 1.807) is 6.92 Å². The first-order valence-corrected chi connectivity index (χ1v) is 4.08. The first-order chi connectivity index (χ1) is 6.06. The summed E-state index contributed by atoms with van der Waals surface area (Å²) in [5, 5.41) is 0.368. The van der Waals surface area contributed by atoms with E-state index in [0.29, 0.717) is 16.3 Å². The van der Waals surface area contributed by atoms with Gasteiger partial charge in [-0.1, -0.05) is 11.6 Å². The van der Waals surface area contributed by atoms with Crippen molar-refractivity contribution in [3.63, 3.8) is 0 Å². The molecule has 0 spiro atoms. The zero-order chi connectivity index (χ0) is 10.0. The summed E-state index contributed by atoms with van der Waals surface area (Å²) in [7, 11) is 0. The summed E-state index contributed by atoms with van der Waals surface area (Å²) in [4.78, 5) is 3.64. The van der Waals surface area contributed by atoms with E-state index >= 15 is 0 Å². The number of nitrogens with two attached hydrogens (primary N) is 1. The molecule has 2 N–H and O–H groups in total. The van der Waals surface area contributed by atoms with Gasteiger partial charge in [-0.05, 0) is 18.6 Å². The van der Waals surface area contributed by atoms with Crippen molar-refractivity contribution in [1.82, 2.24) is 4.98 Å². The third-order valence-corrected chi connectivity index (χ3v) is 2.18. The summed E-state index contributed by atoms with van der Waals surface area (Å²) in [5.74, 6) is 0. The molecule has 0 aliphatic heterocycles. The lowest BCUT2D eigenvalue weighted by Gasteiger charge is -2.07. The van der Waals surface area contributed by atoms with E-state index in [2.05, 4.69) is 4.98 Å². The minimum atomic E-state index is -2.58. The second kappa shape index (κ2) is 3.98. The Morgan fingerprint density at radius 2 is 2.23 bits per heavy atom. The minimum Gasteiger partial charge on any atom is -0.326 e. The molecular weight excluding hydrogens is 198 g/mol. The van der Waals surface area contributed by atoms with Crippen molar-refractivity contribution >= 4 is 11.6 Å². The molecule has 72 valence electrons. The number of aromatic nitrogens is 1. The van der Waals surface area contributed by atoms with Crippen LogP contribution in [0.25, 0.3) is 0 Å². The fourth-order valence-electron chi connectivity index (χ4n) is 1.01. The molecular formula is C8H9ClF2N2. The van der Waals surface area contributed by atoms with Gasteiger partial charge in [0.15, 0.2) is 0 Å². The third kappa shape index (κ3) is 2.14. The molecule has 0 atom stereocenters. The summed E-state index contributed by atoms with van der Waals surface area (Å²) in [6.07, 6.45) is -2.58. The lowest BCUT2D eigenvalue weighted by molar-refractivity contribution is 0.146. The van der Waals surface area contributed by atoms with Crippen LogP contribution in [0.4, 0.5) is 8.78 Å². The Kier molecular flexibility index (Phi) is 3.17. The standard InChI is InChI=1S/C8H9ClF2N2/c1-4-7(9)5(3-12)2-6(13-4)8(10)11/h2,8H,3,12H2,1H3. The van der Waals surface area contributed by atoms with Crippen LogP contribution in [0.2, 0.25) is 5.02 Å². The quantitative estimate of drug-likeness (QED) is 0.807. The first-order valence-electron chi connectivity index (χ1n) is 3.70. The van der Waals surface area contributed by atoms with Crippen molar-refractivity contribution in [2.45, 2.75) is 19.9 Å². The Morgan fingerprint density at radius 3 is 2.69 bits per heavy atom. The predicted molar refractivity (Wildman–Crippen MR) is 46.8 cm³/mol. The molecule has 0 radical (unpaired) electrons. The Morgan fingerprint density at radius 1 is 1.62 bits per heavy atom. The molecule has 1 rings (SSSR count). The lowest BCUT2D eigenvalue weighted by atomic mass is 10.2. The highest BCUT2D eigenvalue weighted by Crippen LogP contribution is 2.24. The van der Waals surface area contributed by atoms with E-state index in [0.717, 1.165) is 0 Å². The first kappa shape index (κ1) is 10.3. The minimum absolute atomic E-state index is 0.141. The number of rotatable bonds is 2. The van der Waals surface area contributed by atoms with Gasteiger partial charge >= 0.3 is 0 Å². The van der Waals surface area contributed by atoms with Gasteiger partial charge in [0.05, 0.1) is 10.7 Å². The smallest absolute Gasteiger partial charge is 0.280 e. The monoisotopic (exact) mass is 206 g/mol. The van der Waals surface area contributed by atoms with Crippen molar-refractivity contribution < 1.29 is 8.78 Å². The highest BCUT2D eigenvalue weighted by molar-refractivity contribution is 6.31. The number of alkyl halides is 2. The average Bonchev–Trinajstić information content (AvgIpc) is 2.09. The summed E-state index contributed by atoms with van der Waals surface area (Å²) >= 11 is 5.78. The zero-order valence-electron chi connectivity index (χ0n) is 7.02. The van der Waals surface area contributed by atoms with E-state index in [9.17, 15) is 8.78 Å². The largest absolute Gasteiger partial charge is 0.326 e. The summed E-state index contributed by atoms with van der Waals surface area (Å²) in [6, 6.07) is 1.24. The maximum atomic E-state index is 12.2. The summed E-state index contributed by atoms with van der Waals surface area (Å²) in [5.41, 5.74) is 5.95. The van der Waals surface area contributed by atoms with Crippen molar-refractivity contribution in [2.24, 2.45) is 5.73 Å². The van der Waals surface area contributed by atoms with E-state index in [-0.39, 0.29) is 12.2 Å². The van der Waals surface area contributed by atoms with E-state index in [4.69, 9.17) is 17.3 Å². The molecule has 13 heavy (non-hydrogen) atoms. The molecule has 1 aromatic rings. The van der Waals surface area contributed by atoms with Crippen LogP contribution in [0.15, 0.2) is 6.07 Å². The van der Waals surface area contributed by atoms with E-state index in [1.165, 1.54) is 6.07 Å². The Bertz CT molecular complexity index is 315. The normalized spacial score (nSPS) is 10.9. The number of halogens is 3. The molecule has 0 saturated carbocycles. The van der Waals surface area contributed by atoms with E-state index in [1.807, 2.05) is 0 Å². The van der Waals surface area contributed by atoms with Gasteiger partial charge in [0.25, 0.3) is 6.43 Å². The van der Waals surface area contributed by atoms with Crippen LogP contribution in [0.3, 0.4) is 0 Å². The second-order valence-electron chi connectivity index (χ2n) is 2.61. The molecule has 1 heterocycles. The van der Waals surface area contributed by atoms with Gasteiger partial charge in [-0.2, -0.15) is 0 Å². The molecule has 0 amide bonds. The number of aryl methyl sites for hydroxylation is 1. The van der Waals surface area contributed by atoms with Crippen LogP contribution < -0.4 is 5.73 Å². The fraction of sp³-hybridized carbons (Fsp3) is 0.375. The Balaban J connectivity index is 3.22. The summed E-state index contributed by atoms with van der Waals surface area (Å²) in [6.45, 7) is 1.72. The molecule has 0 aliphatic rings. The average molecular weight is 207 g/mol. The van der Waals surface area contributed by atoms with Gasteiger partial charge in [-0.15, -0.1) is 0 Å². The van der Waals surface area contributed by atoms with Crippen LogP contribution in [-0.4, -0.2) is 4.98 Å². The van der Waals surface area contributed by atoms with Gasteiger partial charge in [-0.25, -0.2) is 8.78 Å². The highest BCUT2D eigenvalue weighted by atomic mass is 35.5. The van der Waals surface area contributed by atoms with Crippen molar-refractivity contribution in [3.8, 4) is 0 Å². The number of hydrogen-bond donors (Lipinski definition) is 1. The molecule has 5 heteroatoms. The fourth-order valence-corrected chi connectivity index (χ4v) is 1.18. The molecule has 0 aromatic carbocycles. The van der Waals surface area contributed by atoms with Crippen molar-refractivity contribution in [3.05, 3.63) is 28.0 Å². The molecule has 1 aromatic heterocycles. The van der Waals surface area contributed by atoms with Gasteiger partial charge in [0, 0.05) is 6.54 Å². The number of pyridine rings is 1. The number of nitrogens with zero attached hydrogens (tertiary/aromatic N) is 1. The van der Waals surface area contributed by atoms with Crippen LogP contribution in [0.5, 0.6) is 0 Å². The zero-order valence-corrected chi connectivity index (χ0v) is 7.78. The maximum Gasteiger partial charge on any atom is 0.280 e. The molecule has 0 bridgehead atoms. The maximum absolute atomic E-state index is 12.2. The predicted octanol–water partition coefficient (Wildman–Crippen LogP) is 2.44. The second-order valence-corrected chi connectivity index (χ2v) is 2.99. The molecule has 0 saturated heterocycles. The van der Waals surface area contributed by atoms with Gasteiger partial charge in [-0.3, -0.25) is 4.98 Å². The summed E-state index contributed by atoms with van der Waals surface area (Å²) < 4.78 is 24.5. The van der Waals surface area contributed by atoms with Gasteiger partial charge < -0.3 is 5.73 Å². The molecule has 0 fully saturated rings.